The summed E-state index contributed by atoms with van der Waals surface area (Å²) in [4.78, 5) is 2.14. The fraction of sp³-hybridized carbons (Fsp3) is 0.455. The second-order valence-corrected chi connectivity index (χ2v) is 3.64. The van der Waals surface area contributed by atoms with E-state index in [0.717, 1.165) is 5.75 Å². The topological polar surface area (TPSA) is 38.5 Å². The molecular formula is C11H18N2O. The zero-order chi connectivity index (χ0) is 10.7. The van der Waals surface area contributed by atoms with Crippen molar-refractivity contribution in [1.82, 2.24) is 4.90 Å². The van der Waals surface area contributed by atoms with E-state index < -0.39 is 0 Å². The molecule has 0 aromatic heterocycles. The van der Waals surface area contributed by atoms with Crippen molar-refractivity contribution in [2.24, 2.45) is 0 Å². The van der Waals surface area contributed by atoms with Crippen molar-refractivity contribution in [2.75, 3.05) is 26.9 Å². The molecular weight excluding hydrogens is 176 g/mol. The van der Waals surface area contributed by atoms with Gasteiger partial charge in [-0.15, -0.1) is 0 Å². The Balaban J connectivity index is 3.00. The summed E-state index contributed by atoms with van der Waals surface area (Å²) in [7, 11) is 5.73. The second-order valence-electron chi connectivity index (χ2n) is 3.64. The molecule has 14 heavy (non-hydrogen) atoms. The molecule has 3 nitrogen and oxygen atoms in total. The number of nitrogen functional groups attached to an aromatic ring is 1. The maximum Gasteiger partial charge on any atom is 0.142 e. The van der Waals surface area contributed by atoms with Gasteiger partial charge in [-0.25, -0.2) is 0 Å². The molecule has 1 atom stereocenters. The highest BCUT2D eigenvalue weighted by molar-refractivity contribution is 5.54. The minimum absolute atomic E-state index is 0.365. The van der Waals surface area contributed by atoms with Gasteiger partial charge in [-0.05, 0) is 38.7 Å². The van der Waals surface area contributed by atoms with Crippen LogP contribution in [0.15, 0.2) is 18.2 Å². The van der Waals surface area contributed by atoms with Crippen molar-refractivity contribution in [3.63, 3.8) is 0 Å². The van der Waals surface area contributed by atoms with Crippen molar-refractivity contribution < 1.29 is 4.74 Å². The van der Waals surface area contributed by atoms with Gasteiger partial charge in [0.25, 0.3) is 0 Å². The molecule has 0 bridgehead atoms. The molecule has 0 amide bonds. The van der Waals surface area contributed by atoms with Crippen molar-refractivity contribution in [3.05, 3.63) is 23.8 Å². The number of anilines is 1. The number of nitrogens with two attached hydrogens (primary N) is 1. The third kappa shape index (κ3) is 2.17. The van der Waals surface area contributed by atoms with Crippen molar-refractivity contribution >= 4 is 5.69 Å². The number of ether oxygens (including phenoxy) is 1. The Morgan fingerprint density at radius 2 is 2.00 bits per heavy atom. The number of benzene rings is 1. The summed E-state index contributed by atoms with van der Waals surface area (Å²) in [5.74, 6) is 0.746. The number of hydrogen-bond donors (Lipinski definition) is 1. The highest BCUT2D eigenvalue weighted by Gasteiger charge is 2.09. The Labute approximate surface area is 85.5 Å². The first-order valence-electron chi connectivity index (χ1n) is 4.66. The minimum atomic E-state index is 0.365. The second kappa shape index (κ2) is 4.33. The van der Waals surface area contributed by atoms with Gasteiger partial charge >= 0.3 is 0 Å². The van der Waals surface area contributed by atoms with Crippen LogP contribution >= 0.6 is 0 Å². The molecule has 0 aliphatic heterocycles. The summed E-state index contributed by atoms with van der Waals surface area (Å²) in [6.07, 6.45) is 0. The van der Waals surface area contributed by atoms with Gasteiger partial charge < -0.3 is 15.4 Å². The van der Waals surface area contributed by atoms with Crippen molar-refractivity contribution in [2.45, 2.75) is 13.0 Å². The van der Waals surface area contributed by atoms with Crippen LogP contribution in [-0.2, 0) is 0 Å². The molecule has 1 aromatic rings. The molecule has 0 fully saturated rings. The molecule has 0 saturated carbocycles. The Hall–Kier alpha value is -1.22. The molecule has 1 aromatic carbocycles. The van der Waals surface area contributed by atoms with E-state index in [4.69, 9.17) is 10.5 Å². The zero-order valence-electron chi connectivity index (χ0n) is 9.24. The van der Waals surface area contributed by atoms with Crippen LogP contribution in [0.2, 0.25) is 0 Å². The van der Waals surface area contributed by atoms with Crippen molar-refractivity contribution in [1.29, 1.82) is 0 Å². The number of nitrogens with zero attached hydrogens (tertiary/aromatic N) is 1. The fourth-order valence-corrected chi connectivity index (χ4v) is 1.29. The van der Waals surface area contributed by atoms with Crippen LogP contribution in [0.4, 0.5) is 5.69 Å². The summed E-state index contributed by atoms with van der Waals surface area (Å²) in [6.45, 7) is 2.14. The van der Waals surface area contributed by atoms with Gasteiger partial charge in [0.15, 0.2) is 0 Å². The molecule has 0 aliphatic carbocycles. The van der Waals surface area contributed by atoms with Crippen LogP contribution in [0, 0.1) is 0 Å². The summed E-state index contributed by atoms with van der Waals surface area (Å²) in [5, 5.41) is 0. The molecule has 0 spiro atoms. The largest absolute Gasteiger partial charge is 0.495 e. The molecule has 0 aliphatic rings. The molecule has 0 heterocycles. The van der Waals surface area contributed by atoms with E-state index in [1.54, 1.807) is 7.11 Å². The van der Waals surface area contributed by atoms with E-state index in [-0.39, 0.29) is 0 Å². The van der Waals surface area contributed by atoms with E-state index in [2.05, 4.69) is 11.8 Å². The maximum atomic E-state index is 5.74. The number of rotatable bonds is 3. The molecule has 2 N–H and O–H groups in total. The Morgan fingerprint density at radius 1 is 1.36 bits per heavy atom. The lowest BCUT2D eigenvalue weighted by Crippen LogP contribution is -2.16. The van der Waals surface area contributed by atoms with Gasteiger partial charge in [0.2, 0.25) is 0 Å². The molecule has 3 heteroatoms. The third-order valence-corrected chi connectivity index (χ3v) is 2.51. The maximum absolute atomic E-state index is 5.74. The lowest BCUT2D eigenvalue weighted by atomic mass is 10.1. The predicted octanol–water partition coefficient (Wildman–Crippen LogP) is 1.90. The van der Waals surface area contributed by atoms with E-state index in [1.807, 2.05) is 32.3 Å². The molecule has 0 saturated heterocycles. The summed E-state index contributed by atoms with van der Waals surface area (Å²) in [6, 6.07) is 6.26. The number of hydrogen-bond acceptors (Lipinski definition) is 3. The van der Waals surface area contributed by atoms with Crippen LogP contribution in [0.1, 0.15) is 18.5 Å². The zero-order valence-corrected chi connectivity index (χ0v) is 9.24. The highest BCUT2D eigenvalue weighted by Crippen LogP contribution is 2.27. The van der Waals surface area contributed by atoms with Crippen LogP contribution in [-0.4, -0.2) is 26.1 Å². The third-order valence-electron chi connectivity index (χ3n) is 2.51. The Kier molecular flexibility index (Phi) is 3.36. The van der Waals surface area contributed by atoms with E-state index >= 15 is 0 Å². The first-order valence-corrected chi connectivity index (χ1v) is 4.66. The first kappa shape index (κ1) is 10.9. The summed E-state index contributed by atoms with van der Waals surface area (Å²) >= 11 is 0. The average molecular weight is 194 g/mol. The van der Waals surface area contributed by atoms with Gasteiger partial charge in [-0.3, -0.25) is 0 Å². The first-order chi connectivity index (χ1) is 6.56. The smallest absolute Gasteiger partial charge is 0.142 e. The standard InChI is InChI=1S/C11H18N2O/c1-8(13(2)3)9-5-6-10(12)11(7-9)14-4/h5-8H,12H2,1-4H3. The minimum Gasteiger partial charge on any atom is -0.495 e. The molecule has 1 unspecified atom stereocenters. The van der Waals surface area contributed by atoms with E-state index in [1.165, 1.54) is 5.56 Å². The Bertz CT molecular complexity index is 310. The highest BCUT2D eigenvalue weighted by atomic mass is 16.5. The predicted molar refractivity (Wildman–Crippen MR) is 59.5 cm³/mol. The molecule has 78 valence electrons. The van der Waals surface area contributed by atoms with Crippen molar-refractivity contribution in [3.8, 4) is 5.75 Å². The van der Waals surface area contributed by atoms with Crippen LogP contribution in [0.25, 0.3) is 0 Å². The van der Waals surface area contributed by atoms with E-state index in [9.17, 15) is 0 Å². The van der Waals surface area contributed by atoms with Gasteiger partial charge in [0.1, 0.15) is 5.75 Å². The summed E-state index contributed by atoms with van der Waals surface area (Å²) in [5.41, 5.74) is 7.63. The van der Waals surface area contributed by atoms with Gasteiger partial charge in [0, 0.05) is 6.04 Å². The SMILES string of the molecule is COc1cc(C(C)N(C)C)ccc1N. The van der Waals surface area contributed by atoms with E-state index in [0.29, 0.717) is 11.7 Å². The lowest BCUT2D eigenvalue weighted by molar-refractivity contribution is 0.320. The van der Waals surface area contributed by atoms with Crippen LogP contribution < -0.4 is 10.5 Å². The van der Waals surface area contributed by atoms with Gasteiger partial charge in [-0.2, -0.15) is 0 Å². The quantitative estimate of drug-likeness (QED) is 0.747. The summed E-state index contributed by atoms with van der Waals surface area (Å²) < 4.78 is 5.17. The molecule has 0 radical (unpaired) electrons. The normalized spacial score (nSPS) is 12.9. The molecule has 1 rings (SSSR count). The van der Waals surface area contributed by atoms with Gasteiger partial charge in [0.05, 0.1) is 12.8 Å². The van der Waals surface area contributed by atoms with Gasteiger partial charge in [-0.1, -0.05) is 6.07 Å². The number of methoxy groups -OCH3 is 1. The van der Waals surface area contributed by atoms with Crippen LogP contribution in [0.5, 0.6) is 5.75 Å². The van der Waals surface area contributed by atoms with Crippen LogP contribution in [0.3, 0.4) is 0 Å². The lowest BCUT2D eigenvalue weighted by Gasteiger charge is -2.20. The Morgan fingerprint density at radius 3 is 2.50 bits per heavy atom. The fourth-order valence-electron chi connectivity index (χ4n) is 1.29. The monoisotopic (exact) mass is 194 g/mol. The average Bonchev–Trinajstić information content (AvgIpc) is 2.17.